The fraction of sp³-hybridized carbons (Fsp3) is 0.500. The van der Waals surface area contributed by atoms with E-state index in [0.717, 1.165) is 25.9 Å². The van der Waals surface area contributed by atoms with E-state index in [1.165, 1.54) is 0 Å². The largest absolute Gasteiger partial charge is 0.349 e. The first-order chi connectivity index (χ1) is 9.20. The van der Waals surface area contributed by atoms with Crippen molar-refractivity contribution in [2.75, 3.05) is 13.1 Å². The molecule has 0 atom stereocenters. The van der Waals surface area contributed by atoms with E-state index in [1.54, 1.807) is 24.5 Å². The minimum absolute atomic E-state index is 0.0670. The summed E-state index contributed by atoms with van der Waals surface area (Å²) in [5.41, 5.74) is 0.627. The molecular weight excluding hydrogens is 242 g/mol. The quantitative estimate of drug-likeness (QED) is 0.889. The Kier molecular flexibility index (Phi) is 4.49. The predicted molar refractivity (Wildman–Crippen MR) is 71.6 cm³/mol. The fourth-order valence-electron chi connectivity index (χ4n) is 2.27. The normalized spacial score (nSPS) is 16.2. The first-order valence-electron chi connectivity index (χ1n) is 6.69. The van der Waals surface area contributed by atoms with Crippen LogP contribution in [-0.4, -0.2) is 40.8 Å². The van der Waals surface area contributed by atoms with Gasteiger partial charge in [-0.25, -0.2) is 0 Å². The highest BCUT2D eigenvalue weighted by atomic mass is 16.2. The molecule has 1 fully saturated rings. The molecule has 1 aliphatic rings. The van der Waals surface area contributed by atoms with Crippen molar-refractivity contribution >= 4 is 11.8 Å². The van der Waals surface area contributed by atoms with E-state index in [2.05, 4.69) is 10.3 Å². The van der Waals surface area contributed by atoms with Crippen LogP contribution in [0, 0.1) is 0 Å². The van der Waals surface area contributed by atoms with Gasteiger partial charge in [-0.2, -0.15) is 0 Å². The van der Waals surface area contributed by atoms with Crippen LogP contribution in [0.15, 0.2) is 24.5 Å². The second-order valence-electron chi connectivity index (χ2n) is 4.72. The third kappa shape index (κ3) is 3.53. The van der Waals surface area contributed by atoms with Gasteiger partial charge in [0, 0.05) is 43.5 Å². The monoisotopic (exact) mass is 261 g/mol. The molecular formula is C14H19N3O2. The minimum atomic E-state index is -0.0670. The third-order valence-corrected chi connectivity index (χ3v) is 3.43. The van der Waals surface area contributed by atoms with Crippen molar-refractivity contribution in [3.8, 4) is 0 Å². The highest BCUT2D eigenvalue weighted by Crippen LogP contribution is 2.12. The maximum Gasteiger partial charge on any atom is 0.251 e. The van der Waals surface area contributed by atoms with Gasteiger partial charge < -0.3 is 10.2 Å². The average Bonchev–Trinajstić information content (AvgIpc) is 2.48. The van der Waals surface area contributed by atoms with Crippen molar-refractivity contribution in [2.24, 2.45) is 0 Å². The number of likely N-dealkylation sites (tertiary alicyclic amines) is 1. The molecule has 0 bridgehead atoms. The Balaban J connectivity index is 1.83. The van der Waals surface area contributed by atoms with Gasteiger partial charge in [0.05, 0.1) is 0 Å². The molecule has 102 valence electrons. The number of hydrogen-bond acceptors (Lipinski definition) is 3. The standard InChI is InChI=1S/C14H19N3O2/c1-2-13(18)17-9-5-12(6-10-17)16-14(19)11-3-7-15-8-4-11/h3-4,7-8,12H,2,5-6,9-10H2,1H3,(H,16,19). The topological polar surface area (TPSA) is 62.3 Å². The van der Waals surface area contributed by atoms with Crippen molar-refractivity contribution in [2.45, 2.75) is 32.2 Å². The first-order valence-corrected chi connectivity index (χ1v) is 6.69. The molecule has 0 unspecified atom stereocenters. The van der Waals surface area contributed by atoms with E-state index < -0.39 is 0 Å². The number of piperidine rings is 1. The van der Waals surface area contributed by atoms with E-state index >= 15 is 0 Å². The zero-order valence-electron chi connectivity index (χ0n) is 11.1. The van der Waals surface area contributed by atoms with Gasteiger partial charge in [-0.1, -0.05) is 6.92 Å². The Morgan fingerprint density at radius 2 is 1.95 bits per heavy atom. The second-order valence-corrected chi connectivity index (χ2v) is 4.72. The summed E-state index contributed by atoms with van der Waals surface area (Å²) >= 11 is 0. The molecule has 5 nitrogen and oxygen atoms in total. The van der Waals surface area contributed by atoms with Crippen LogP contribution in [0.2, 0.25) is 0 Å². The number of carbonyl (C=O) groups is 2. The number of rotatable bonds is 3. The molecule has 0 saturated carbocycles. The summed E-state index contributed by atoms with van der Waals surface area (Å²) < 4.78 is 0. The summed E-state index contributed by atoms with van der Waals surface area (Å²) in [5.74, 6) is 0.126. The smallest absolute Gasteiger partial charge is 0.251 e. The number of pyridine rings is 1. The van der Waals surface area contributed by atoms with Crippen LogP contribution in [0.3, 0.4) is 0 Å². The Bertz CT molecular complexity index is 439. The Morgan fingerprint density at radius 3 is 2.53 bits per heavy atom. The lowest BCUT2D eigenvalue weighted by Crippen LogP contribution is -2.46. The van der Waals surface area contributed by atoms with Gasteiger partial charge in [0.2, 0.25) is 5.91 Å². The van der Waals surface area contributed by atoms with E-state index in [0.29, 0.717) is 12.0 Å². The summed E-state index contributed by atoms with van der Waals surface area (Å²) in [7, 11) is 0. The van der Waals surface area contributed by atoms with E-state index in [9.17, 15) is 9.59 Å². The van der Waals surface area contributed by atoms with Crippen molar-refractivity contribution in [1.29, 1.82) is 0 Å². The molecule has 2 heterocycles. The SMILES string of the molecule is CCC(=O)N1CCC(NC(=O)c2ccncc2)CC1. The molecule has 1 aromatic rings. The van der Waals surface area contributed by atoms with Gasteiger partial charge in [-0.15, -0.1) is 0 Å². The highest BCUT2D eigenvalue weighted by Gasteiger charge is 2.23. The van der Waals surface area contributed by atoms with Gasteiger partial charge in [0.15, 0.2) is 0 Å². The van der Waals surface area contributed by atoms with Gasteiger partial charge in [-0.3, -0.25) is 14.6 Å². The van der Waals surface area contributed by atoms with Gasteiger partial charge >= 0.3 is 0 Å². The molecule has 2 rings (SSSR count). The molecule has 19 heavy (non-hydrogen) atoms. The van der Waals surface area contributed by atoms with E-state index in [1.807, 2.05) is 11.8 Å². The molecule has 0 radical (unpaired) electrons. The zero-order valence-corrected chi connectivity index (χ0v) is 11.1. The van der Waals surface area contributed by atoms with Crippen molar-refractivity contribution < 1.29 is 9.59 Å². The molecule has 1 N–H and O–H groups in total. The van der Waals surface area contributed by atoms with Gasteiger partial charge in [0.25, 0.3) is 5.91 Å². The number of hydrogen-bond donors (Lipinski definition) is 1. The first kappa shape index (κ1) is 13.5. The van der Waals surface area contributed by atoms with E-state index in [-0.39, 0.29) is 17.9 Å². The van der Waals surface area contributed by atoms with Crippen LogP contribution < -0.4 is 5.32 Å². The predicted octanol–water partition coefficient (Wildman–Crippen LogP) is 1.21. The van der Waals surface area contributed by atoms with Crippen LogP contribution >= 0.6 is 0 Å². The van der Waals surface area contributed by atoms with Crippen LogP contribution in [0.1, 0.15) is 36.5 Å². The van der Waals surface area contributed by atoms with Crippen molar-refractivity contribution in [3.63, 3.8) is 0 Å². The molecule has 5 heteroatoms. The Labute approximate surface area is 113 Å². The lowest BCUT2D eigenvalue weighted by molar-refractivity contribution is -0.131. The Morgan fingerprint density at radius 1 is 1.32 bits per heavy atom. The maximum atomic E-state index is 12.0. The average molecular weight is 261 g/mol. The summed E-state index contributed by atoms with van der Waals surface area (Å²) in [6.07, 6.45) is 5.41. The Hall–Kier alpha value is -1.91. The minimum Gasteiger partial charge on any atom is -0.349 e. The number of nitrogens with zero attached hydrogens (tertiary/aromatic N) is 2. The highest BCUT2D eigenvalue weighted by molar-refractivity contribution is 5.94. The molecule has 2 amide bonds. The number of nitrogens with one attached hydrogen (secondary N) is 1. The molecule has 1 aromatic heterocycles. The van der Waals surface area contributed by atoms with Gasteiger partial charge in [0.1, 0.15) is 0 Å². The lowest BCUT2D eigenvalue weighted by atomic mass is 10.0. The van der Waals surface area contributed by atoms with Crippen LogP contribution in [0.4, 0.5) is 0 Å². The lowest BCUT2D eigenvalue weighted by Gasteiger charge is -2.32. The van der Waals surface area contributed by atoms with Crippen molar-refractivity contribution in [3.05, 3.63) is 30.1 Å². The molecule has 0 aromatic carbocycles. The van der Waals surface area contributed by atoms with E-state index in [4.69, 9.17) is 0 Å². The molecule has 1 aliphatic heterocycles. The fourth-order valence-corrected chi connectivity index (χ4v) is 2.27. The van der Waals surface area contributed by atoms with Crippen LogP contribution in [0.25, 0.3) is 0 Å². The van der Waals surface area contributed by atoms with Crippen LogP contribution in [0.5, 0.6) is 0 Å². The van der Waals surface area contributed by atoms with Crippen molar-refractivity contribution in [1.82, 2.24) is 15.2 Å². The maximum absolute atomic E-state index is 12.0. The molecule has 1 saturated heterocycles. The zero-order chi connectivity index (χ0) is 13.7. The summed E-state index contributed by atoms with van der Waals surface area (Å²) in [4.78, 5) is 29.3. The van der Waals surface area contributed by atoms with Crippen LogP contribution in [-0.2, 0) is 4.79 Å². The molecule has 0 spiro atoms. The number of amides is 2. The number of carbonyl (C=O) groups excluding carboxylic acids is 2. The molecule has 0 aliphatic carbocycles. The van der Waals surface area contributed by atoms with Gasteiger partial charge in [-0.05, 0) is 25.0 Å². The number of aromatic nitrogens is 1. The summed E-state index contributed by atoms with van der Waals surface area (Å²) in [6, 6.07) is 3.55. The third-order valence-electron chi connectivity index (χ3n) is 3.43. The summed E-state index contributed by atoms with van der Waals surface area (Å²) in [6.45, 7) is 3.33. The summed E-state index contributed by atoms with van der Waals surface area (Å²) in [5, 5.41) is 3.01. The second kappa shape index (κ2) is 6.31.